The summed E-state index contributed by atoms with van der Waals surface area (Å²) in [7, 11) is 1.97. The fraction of sp³-hybridized carbons (Fsp3) is 0.522. The van der Waals surface area contributed by atoms with Crippen LogP contribution < -0.4 is 4.74 Å². The summed E-state index contributed by atoms with van der Waals surface area (Å²) < 4.78 is 46.8. The first-order valence-electron chi connectivity index (χ1n) is 10.2. The molecule has 0 atom stereocenters. The summed E-state index contributed by atoms with van der Waals surface area (Å²) in [6, 6.07) is 2.40. The number of halogens is 3. The highest BCUT2D eigenvalue weighted by atomic mass is 19.4. The second-order valence-corrected chi connectivity index (χ2v) is 7.92. The van der Waals surface area contributed by atoms with Crippen molar-refractivity contribution in [3.63, 3.8) is 0 Å². The Morgan fingerprint density at radius 1 is 1.27 bits per heavy atom. The topological polar surface area (TPSA) is 41.1 Å². The number of ether oxygens (including phenoxy) is 1. The molecule has 1 aromatic carbocycles. The van der Waals surface area contributed by atoms with Crippen LogP contribution in [0.1, 0.15) is 56.9 Å². The summed E-state index contributed by atoms with van der Waals surface area (Å²) in [4.78, 5) is 2.10. The van der Waals surface area contributed by atoms with Crippen LogP contribution in [-0.2, 0) is 12.7 Å². The van der Waals surface area contributed by atoms with Crippen LogP contribution in [0.25, 0.3) is 11.1 Å². The first-order chi connectivity index (χ1) is 14.2. The van der Waals surface area contributed by atoms with E-state index >= 15 is 0 Å². The number of rotatable bonds is 10. The molecule has 0 saturated carbocycles. The zero-order chi connectivity index (χ0) is 22.3. The Morgan fingerprint density at radius 2 is 2.00 bits per heavy atom. The molecule has 1 aromatic heterocycles. The third kappa shape index (κ3) is 6.27. The van der Waals surface area contributed by atoms with Crippen molar-refractivity contribution >= 4 is 0 Å². The van der Waals surface area contributed by atoms with Gasteiger partial charge in [0.15, 0.2) is 0 Å². The third-order valence-electron chi connectivity index (χ3n) is 4.86. The number of hydrogen-bond donors (Lipinski definition) is 1. The van der Waals surface area contributed by atoms with Crippen molar-refractivity contribution in [3.8, 4) is 29.2 Å². The van der Waals surface area contributed by atoms with Gasteiger partial charge in [-0.3, -0.25) is 5.10 Å². The molecule has 0 bridgehead atoms. The summed E-state index contributed by atoms with van der Waals surface area (Å²) >= 11 is 0. The van der Waals surface area contributed by atoms with E-state index in [4.69, 9.17) is 11.2 Å². The van der Waals surface area contributed by atoms with E-state index in [1.165, 1.54) is 12.3 Å². The molecular weight excluding hydrogens is 391 g/mol. The lowest BCUT2D eigenvalue weighted by Gasteiger charge is -2.19. The van der Waals surface area contributed by atoms with E-state index < -0.39 is 11.7 Å². The average Bonchev–Trinajstić information content (AvgIpc) is 3.12. The molecular formula is C23H30F3N3O. The second-order valence-electron chi connectivity index (χ2n) is 7.92. The predicted molar refractivity (Wildman–Crippen MR) is 113 cm³/mol. The molecule has 4 nitrogen and oxygen atoms in total. The van der Waals surface area contributed by atoms with Gasteiger partial charge in [0.1, 0.15) is 5.75 Å². The zero-order valence-electron chi connectivity index (χ0n) is 18.1. The van der Waals surface area contributed by atoms with Crippen LogP contribution in [0.5, 0.6) is 5.75 Å². The number of alkyl halides is 3. The molecule has 1 N–H and O–H groups in total. The fourth-order valence-corrected chi connectivity index (χ4v) is 3.11. The Kier molecular flexibility index (Phi) is 8.36. The molecule has 0 saturated heterocycles. The van der Waals surface area contributed by atoms with Crippen LogP contribution in [0.15, 0.2) is 18.3 Å². The molecule has 1 heterocycles. The number of aromatic amines is 1. The normalized spacial score (nSPS) is 11.9. The fourth-order valence-electron chi connectivity index (χ4n) is 3.11. The lowest BCUT2D eigenvalue weighted by Crippen LogP contribution is -2.19. The summed E-state index contributed by atoms with van der Waals surface area (Å²) in [5.74, 6) is 2.61. The number of benzene rings is 1. The highest BCUT2D eigenvalue weighted by molar-refractivity contribution is 5.75. The molecule has 0 amide bonds. The monoisotopic (exact) mass is 421 g/mol. The van der Waals surface area contributed by atoms with Crippen molar-refractivity contribution in [3.05, 3.63) is 35.2 Å². The van der Waals surface area contributed by atoms with Crippen LogP contribution >= 0.6 is 0 Å². The minimum absolute atomic E-state index is 0.198. The van der Waals surface area contributed by atoms with Crippen LogP contribution in [-0.4, -0.2) is 35.3 Å². The van der Waals surface area contributed by atoms with E-state index in [0.717, 1.165) is 31.1 Å². The minimum Gasteiger partial charge on any atom is -0.493 e. The number of aromatic nitrogens is 2. The number of terminal acetylenes is 1. The van der Waals surface area contributed by atoms with Gasteiger partial charge in [0.25, 0.3) is 0 Å². The molecule has 30 heavy (non-hydrogen) atoms. The first kappa shape index (κ1) is 23.8. The Balaban J connectivity index is 2.44. The molecule has 0 aliphatic carbocycles. The molecule has 164 valence electrons. The van der Waals surface area contributed by atoms with Gasteiger partial charge in [-0.25, -0.2) is 0 Å². The van der Waals surface area contributed by atoms with Crippen molar-refractivity contribution in [2.75, 3.05) is 20.2 Å². The van der Waals surface area contributed by atoms with E-state index in [-0.39, 0.29) is 12.4 Å². The number of unbranched alkanes of at least 4 members (excludes halogenated alkanes) is 1. The van der Waals surface area contributed by atoms with Crippen molar-refractivity contribution < 1.29 is 17.9 Å². The maximum atomic E-state index is 13.8. The second kappa shape index (κ2) is 10.5. The van der Waals surface area contributed by atoms with Crippen LogP contribution in [0, 0.1) is 18.3 Å². The van der Waals surface area contributed by atoms with E-state index in [1.54, 1.807) is 0 Å². The van der Waals surface area contributed by atoms with Gasteiger partial charge in [-0.05, 0) is 44.5 Å². The van der Waals surface area contributed by atoms with Crippen LogP contribution in [0.3, 0.4) is 0 Å². The SMILES string of the molecule is C#Cc1cc(OCCC(C)C)c(C(F)(F)F)cc1-c1cn[nH]c1CN(C)CCCC. The van der Waals surface area contributed by atoms with Gasteiger partial charge >= 0.3 is 6.18 Å². The Labute approximate surface area is 176 Å². The van der Waals surface area contributed by atoms with Crippen molar-refractivity contribution in [2.24, 2.45) is 5.92 Å². The molecule has 7 heteroatoms. The number of H-pyrrole nitrogens is 1. The molecule has 0 aliphatic heterocycles. The summed E-state index contributed by atoms with van der Waals surface area (Å²) in [6.07, 6.45) is 5.37. The maximum Gasteiger partial charge on any atom is 0.419 e. The van der Waals surface area contributed by atoms with Crippen LogP contribution in [0.4, 0.5) is 13.2 Å². The summed E-state index contributed by atoms with van der Waals surface area (Å²) in [5, 5.41) is 6.97. The standard InChI is InChI=1S/C23H30F3N3O/c1-6-8-10-29(5)15-21-19(14-27-28-21)18-13-20(23(24,25)26)22(12-17(18)7-2)30-11-9-16(3)4/h2,12-14,16H,6,8-11,15H2,1,3-5H3,(H,27,28). The van der Waals surface area contributed by atoms with Gasteiger partial charge in [-0.15, -0.1) is 6.42 Å². The zero-order valence-corrected chi connectivity index (χ0v) is 18.1. The molecule has 0 radical (unpaired) electrons. The van der Waals surface area contributed by atoms with E-state index in [1.807, 2.05) is 20.9 Å². The largest absolute Gasteiger partial charge is 0.493 e. The van der Waals surface area contributed by atoms with Gasteiger partial charge in [0, 0.05) is 23.2 Å². The lowest BCUT2D eigenvalue weighted by molar-refractivity contribution is -0.138. The molecule has 2 aromatic rings. The maximum absolute atomic E-state index is 13.8. The molecule has 0 unspecified atom stereocenters. The van der Waals surface area contributed by atoms with Crippen LogP contribution in [0.2, 0.25) is 0 Å². The number of nitrogens with zero attached hydrogens (tertiary/aromatic N) is 2. The van der Waals surface area contributed by atoms with E-state index in [0.29, 0.717) is 35.6 Å². The predicted octanol–water partition coefficient (Wildman–Crippen LogP) is 5.73. The average molecular weight is 422 g/mol. The number of nitrogens with one attached hydrogen (secondary N) is 1. The quantitative estimate of drug-likeness (QED) is 0.498. The Bertz CT molecular complexity index is 866. The van der Waals surface area contributed by atoms with E-state index in [2.05, 4.69) is 27.9 Å². The van der Waals surface area contributed by atoms with Crippen molar-refractivity contribution in [1.29, 1.82) is 0 Å². The van der Waals surface area contributed by atoms with E-state index in [9.17, 15) is 13.2 Å². The lowest BCUT2D eigenvalue weighted by atomic mass is 9.96. The summed E-state index contributed by atoms with van der Waals surface area (Å²) in [6.45, 7) is 7.70. The van der Waals surface area contributed by atoms with Crippen molar-refractivity contribution in [1.82, 2.24) is 15.1 Å². The molecule has 0 spiro atoms. The van der Waals surface area contributed by atoms with Gasteiger partial charge in [0.2, 0.25) is 0 Å². The van der Waals surface area contributed by atoms with Gasteiger partial charge in [-0.1, -0.05) is 33.1 Å². The molecule has 0 aliphatic rings. The molecule has 2 rings (SSSR count). The molecule has 0 fully saturated rings. The van der Waals surface area contributed by atoms with Gasteiger partial charge in [0.05, 0.1) is 24.1 Å². The highest BCUT2D eigenvalue weighted by Crippen LogP contribution is 2.41. The van der Waals surface area contributed by atoms with Crippen molar-refractivity contribution in [2.45, 2.75) is 52.8 Å². The third-order valence-corrected chi connectivity index (χ3v) is 4.86. The van der Waals surface area contributed by atoms with Gasteiger partial charge in [-0.2, -0.15) is 18.3 Å². The smallest absolute Gasteiger partial charge is 0.419 e. The Morgan fingerprint density at radius 3 is 2.60 bits per heavy atom. The summed E-state index contributed by atoms with van der Waals surface area (Å²) in [5.41, 5.74) is 1.15. The minimum atomic E-state index is -4.56. The highest BCUT2D eigenvalue weighted by Gasteiger charge is 2.36. The first-order valence-corrected chi connectivity index (χ1v) is 10.2. The van der Waals surface area contributed by atoms with Gasteiger partial charge < -0.3 is 9.64 Å². The number of hydrogen-bond acceptors (Lipinski definition) is 3. The Hall–Kier alpha value is -2.46.